The Morgan fingerprint density at radius 3 is 2.73 bits per heavy atom. The Bertz CT molecular complexity index is 1430. The normalized spacial score (nSPS) is 12.0. The third kappa shape index (κ3) is 5.94. The fraction of sp³-hybridized carbons (Fsp3) is 0.154. The van der Waals surface area contributed by atoms with E-state index in [1.54, 1.807) is 36.4 Å². The Hall–Kier alpha value is -5.11. The summed E-state index contributed by atoms with van der Waals surface area (Å²) in [6.45, 7) is 0.121. The topological polar surface area (TPSA) is 133 Å². The molecule has 0 saturated heterocycles. The van der Waals surface area contributed by atoms with Crippen LogP contribution >= 0.6 is 0 Å². The maximum Gasteiger partial charge on any atom is 0.311 e. The smallest absolute Gasteiger partial charge is 0.311 e. The third-order valence-corrected chi connectivity index (χ3v) is 5.37. The fourth-order valence-corrected chi connectivity index (χ4v) is 3.55. The summed E-state index contributed by atoms with van der Waals surface area (Å²) in [5.41, 5.74) is 1.20. The van der Waals surface area contributed by atoms with Crippen molar-refractivity contribution in [3.63, 3.8) is 0 Å². The molecule has 3 aromatic rings. The number of nitriles is 1. The van der Waals surface area contributed by atoms with Gasteiger partial charge < -0.3 is 24.3 Å². The van der Waals surface area contributed by atoms with Gasteiger partial charge in [-0.1, -0.05) is 12.1 Å². The van der Waals surface area contributed by atoms with Crippen molar-refractivity contribution in [1.82, 2.24) is 5.32 Å². The molecule has 1 aliphatic heterocycles. The minimum atomic E-state index is -0.685. The first-order valence-corrected chi connectivity index (χ1v) is 10.9. The highest BCUT2D eigenvalue weighted by Gasteiger charge is 2.18. The van der Waals surface area contributed by atoms with Gasteiger partial charge in [-0.2, -0.15) is 5.26 Å². The van der Waals surface area contributed by atoms with E-state index in [2.05, 4.69) is 5.32 Å². The summed E-state index contributed by atoms with van der Waals surface area (Å²) in [6.07, 6.45) is 1.39. The van der Waals surface area contributed by atoms with Crippen molar-refractivity contribution in [3.8, 4) is 29.1 Å². The quantitative estimate of drug-likeness (QED) is 0.197. The maximum atomic E-state index is 13.6. The van der Waals surface area contributed by atoms with E-state index >= 15 is 0 Å². The van der Waals surface area contributed by atoms with Gasteiger partial charge in [-0.15, -0.1) is 0 Å². The number of nitro benzene ring substituents is 1. The van der Waals surface area contributed by atoms with E-state index in [1.807, 2.05) is 6.07 Å². The lowest BCUT2D eigenvalue weighted by atomic mass is 10.1. The second-order valence-corrected chi connectivity index (χ2v) is 7.77. The minimum absolute atomic E-state index is 0.139. The van der Waals surface area contributed by atoms with Crippen molar-refractivity contribution < 1.29 is 33.1 Å². The van der Waals surface area contributed by atoms with Gasteiger partial charge in [0.15, 0.2) is 17.2 Å². The number of hydrogen-bond acceptors (Lipinski definition) is 8. The van der Waals surface area contributed by atoms with Gasteiger partial charge in [0.1, 0.15) is 29.8 Å². The Morgan fingerprint density at radius 1 is 1.16 bits per heavy atom. The number of nitrogens with zero attached hydrogens (tertiary/aromatic N) is 2. The van der Waals surface area contributed by atoms with E-state index < -0.39 is 16.6 Å². The summed E-state index contributed by atoms with van der Waals surface area (Å²) in [5, 5.41) is 23.5. The lowest BCUT2D eigenvalue weighted by Gasteiger charge is -2.12. The molecule has 3 aromatic carbocycles. The second-order valence-electron chi connectivity index (χ2n) is 7.77. The summed E-state index contributed by atoms with van der Waals surface area (Å²) < 4.78 is 35.0. The van der Waals surface area contributed by atoms with Crippen LogP contribution in [0.15, 0.2) is 60.2 Å². The number of ether oxygens (including phenoxy) is 4. The SMILES string of the molecule is COc1ccc(C=C(C#N)C(=O)NCc2ccc3c(c2)OCO3)cc1COc1cc(F)ccc1[N+](=O)[O-]. The highest BCUT2D eigenvalue weighted by atomic mass is 19.1. The number of hydrogen-bond donors (Lipinski definition) is 1. The highest BCUT2D eigenvalue weighted by molar-refractivity contribution is 6.01. The lowest BCUT2D eigenvalue weighted by Crippen LogP contribution is -2.23. The Kier molecular flexibility index (Phi) is 7.49. The Labute approximate surface area is 210 Å². The van der Waals surface area contributed by atoms with Crippen molar-refractivity contribution in [2.45, 2.75) is 13.2 Å². The average Bonchev–Trinajstić information content (AvgIpc) is 3.37. The van der Waals surface area contributed by atoms with Gasteiger partial charge in [0, 0.05) is 24.2 Å². The van der Waals surface area contributed by atoms with E-state index in [0.29, 0.717) is 28.4 Å². The van der Waals surface area contributed by atoms with Crippen LogP contribution in [0.4, 0.5) is 10.1 Å². The van der Waals surface area contributed by atoms with Crippen LogP contribution in [0.2, 0.25) is 0 Å². The van der Waals surface area contributed by atoms with Crippen molar-refractivity contribution in [2.75, 3.05) is 13.9 Å². The predicted octanol–water partition coefficient (Wildman–Crippen LogP) is 4.27. The van der Waals surface area contributed by atoms with Crippen molar-refractivity contribution in [2.24, 2.45) is 0 Å². The van der Waals surface area contributed by atoms with Crippen molar-refractivity contribution in [3.05, 3.63) is 92.8 Å². The average molecular weight is 505 g/mol. The van der Waals surface area contributed by atoms with Crippen molar-refractivity contribution in [1.29, 1.82) is 5.26 Å². The standard InChI is InChI=1S/C26H20FN3O7/c1-34-22-6-2-16(9-19(22)14-35-24-11-20(27)4-5-21(24)30(32)33)8-18(12-28)26(31)29-13-17-3-7-23-25(10-17)37-15-36-23/h2-11H,13-15H2,1H3,(H,29,31). The number of benzene rings is 3. The third-order valence-electron chi connectivity index (χ3n) is 5.37. The van der Waals surface area contributed by atoms with Crippen LogP contribution in [0.25, 0.3) is 6.08 Å². The zero-order chi connectivity index (χ0) is 26.4. The number of nitrogens with one attached hydrogen (secondary N) is 1. The molecule has 0 radical (unpaired) electrons. The van der Waals surface area contributed by atoms with Gasteiger partial charge in [0.25, 0.3) is 5.91 Å². The Morgan fingerprint density at radius 2 is 1.97 bits per heavy atom. The molecule has 11 heteroatoms. The van der Waals surface area contributed by atoms with Crippen LogP contribution in [-0.4, -0.2) is 24.7 Å². The predicted molar refractivity (Wildman–Crippen MR) is 128 cm³/mol. The summed E-state index contributed by atoms with van der Waals surface area (Å²) in [4.78, 5) is 23.2. The molecule has 0 bridgehead atoms. The van der Waals surface area contributed by atoms with E-state index in [4.69, 9.17) is 18.9 Å². The van der Waals surface area contributed by atoms with Crippen LogP contribution in [0.1, 0.15) is 16.7 Å². The van der Waals surface area contributed by atoms with Crippen LogP contribution in [0.3, 0.4) is 0 Å². The van der Waals surface area contributed by atoms with Crippen LogP contribution in [0.5, 0.6) is 23.0 Å². The largest absolute Gasteiger partial charge is 0.496 e. The van der Waals surface area contributed by atoms with Crippen LogP contribution in [-0.2, 0) is 17.9 Å². The van der Waals surface area contributed by atoms with E-state index in [-0.39, 0.29) is 37.0 Å². The molecule has 0 unspecified atom stereocenters. The molecule has 188 valence electrons. The van der Waals surface area contributed by atoms with E-state index in [0.717, 1.165) is 23.8 Å². The number of methoxy groups -OCH3 is 1. The fourth-order valence-electron chi connectivity index (χ4n) is 3.55. The van der Waals surface area contributed by atoms with Gasteiger partial charge in [0.05, 0.1) is 12.0 Å². The van der Waals surface area contributed by atoms with Gasteiger partial charge >= 0.3 is 5.69 Å². The molecule has 4 rings (SSSR count). The van der Waals surface area contributed by atoms with Gasteiger partial charge in [-0.05, 0) is 47.5 Å². The molecule has 0 saturated carbocycles. The first kappa shape index (κ1) is 25.0. The number of halogens is 1. The summed E-state index contributed by atoms with van der Waals surface area (Å²) in [6, 6.07) is 14.9. The Balaban J connectivity index is 1.49. The first-order valence-electron chi connectivity index (χ1n) is 10.9. The van der Waals surface area contributed by atoms with Gasteiger partial charge in [-0.3, -0.25) is 14.9 Å². The number of carbonyl (C=O) groups is 1. The maximum absolute atomic E-state index is 13.6. The second kappa shape index (κ2) is 11.1. The van der Waals surface area contributed by atoms with Crippen LogP contribution in [0, 0.1) is 27.3 Å². The number of rotatable bonds is 9. The number of carbonyl (C=O) groups excluding carboxylic acids is 1. The molecule has 0 fully saturated rings. The van der Waals surface area contributed by atoms with Crippen LogP contribution < -0.4 is 24.3 Å². The summed E-state index contributed by atoms with van der Waals surface area (Å²) >= 11 is 0. The van der Waals surface area contributed by atoms with Gasteiger partial charge in [-0.25, -0.2) is 4.39 Å². The molecule has 1 N–H and O–H groups in total. The number of nitro groups is 1. The molecule has 0 spiro atoms. The summed E-state index contributed by atoms with van der Waals surface area (Å²) in [7, 11) is 1.43. The zero-order valence-electron chi connectivity index (χ0n) is 19.5. The molecule has 1 amide bonds. The molecular formula is C26H20FN3O7. The summed E-state index contributed by atoms with van der Waals surface area (Å²) in [5.74, 6) is 0.104. The molecule has 10 nitrogen and oxygen atoms in total. The van der Waals surface area contributed by atoms with E-state index in [1.165, 1.54) is 13.2 Å². The number of amides is 1. The monoisotopic (exact) mass is 505 g/mol. The lowest BCUT2D eigenvalue weighted by molar-refractivity contribution is -0.386. The molecule has 1 heterocycles. The molecule has 0 atom stereocenters. The number of fused-ring (bicyclic) bond motifs is 1. The minimum Gasteiger partial charge on any atom is -0.496 e. The molecule has 0 aliphatic carbocycles. The molecule has 1 aliphatic rings. The van der Waals surface area contributed by atoms with Gasteiger partial charge in [0.2, 0.25) is 6.79 Å². The van der Waals surface area contributed by atoms with Crippen molar-refractivity contribution >= 4 is 17.7 Å². The zero-order valence-corrected chi connectivity index (χ0v) is 19.5. The molecule has 37 heavy (non-hydrogen) atoms. The first-order chi connectivity index (χ1) is 17.9. The molecular weight excluding hydrogens is 485 g/mol. The molecule has 0 aromatic heterocycles. The highest BCUT2D eigenvalue weighted by Crippen LogP contribution is 2.33. The van der Waals surface area contributed by atoms with E-state index in [9.17, 15) is 24.6 Å².